The smallest absolute Gasteiger partial charge is 0.211 e. The Kier molecular flexibility index (Phi) is 5.66. The maximum absolute atomic E-state index is 9.86. The fourth-order valence-electron chi connectivity index (χ4n) is 1.50. The van der Waals surface area contributed by atoms with E-state index in [0.29, 0.717) is 22.0 Å². The second-order valence-electron chi connectivity index (χ2n) is 3.56. The Hall–Kier alpha value is -0.360. The van der Waals surface area contributed by atoms with Crippen LogP contribution in [0.15, 0.2) is 18.2 Å². The number of hydrogen-bond acceptors (Lipinski definition) is 4. The summed E-state index contributed by atoms with van der Waals surface area (Å²) in [5.74, 6) is 0. The largest absolute Gasteiger partial charge is 0.390 e. The van der Waals surface area contributed by atoms with Gasteiger partial charge in [0.15, 0.2) is 0 Å². The van der Waals surface area contributed by atoms with Crippen LogP contribution >= 0.6 is 23.2 Å². The van der Waals surface area contributed by atoms with E-state index in [2.05, 4.69) is 0 Å². The van der Waals surface area contributed by atoms with Crippen LogP contribution in [-0.4, -0.2) is 22.7 Å². The maximum atomic E-state index is 9.86. The van der Waals surface area contributed by atoms with Crippen molar-refractivity contribution in [1.82, 2.24) is 0 Å². The SMILES string of the molecule is CC[C@@H](O)[C@H](OC(N)O)c1c(Cl)cccc1Cl. The third-order valence-corrected chi connectivity index (χ3v) is 3.00. The lowest BCUT2D eigenvalue weighted by atomic mass is 10.0. The molecule has 0 amide bonds. The van der Waals surface area contributed by atoms with Gasteiger partial charge in [-0.15, -0.1) is 0 Å². The molecule has 0 aliphatic heterocycles. The first-order chi connectivity index (χ1) is 7.97. The van der Waals surface area contributed by atoms with E-state index in [1.807, 2.05) is 0 Å². The minimum atomic E-state index is -1.51. The van der Waals surface area contributed by atoms with E-state index in [4.69, 9.17) is 38.8 Å². The van der Waals surface area contributed by atoms with Crippen LogP contribution in [0.5, 0.6) is 0 Å². The summed E-state index contributed by atoms with van der Waals surface area (Å²) in [5, 5.41) is 19.6. The summed E-state index contributed by atoms with van der Waals surface area (Å²) in [7, 11) is 0. The summed E-state index contributed by atoms with van der Waals surface area (Å²) >= 11 is 12.0. The number of hydrogen-bond donors (Lipinski definition) is 3. The van der Waals surface area contributed by atoms with Crippen LogP contribution in [0.25, 0.3) is 0 Å². The molecule has 1 rings (SSSR count). The van der Waals surface area contributed by atoms with Gasteiger partial charge in [-0.05, 0) is 18.6 Å². The molecule has 96 valence electrons. The second-order valence-corrected chi connectivity index (χ2v) is 4.37. The molecule has 0 aliphatic carbocycles. The molecule has 17 heavy (non-hydrogen) atoms. The number of rotatable bonds is 5. The number of ether oxygens (including phenoxy) is 1. The van der Waals surface area contributed by atoms with E-state index in [1.54, 1.807) is 25.1 Å². The molecule has 0 saturated heterocycles. The zero-order valence-corrected chi connectivity index (χ0v) is 10.8. The number of aliphatic hydroxyl groups is 2. The second kappa shape index (κ2) is 6.54. The Morgan fingerprint density at radius 2 is 1.82 bits per heavy atom. The van der Waals surface area contributed by atoms with Gasteiger partial charge in [-0.25, -0.2) is 0 Å². The molecule has 3 atom stereocenters. The summed E-state index contributed by atoms with van der Waals surface area (Å²) in [6.07, 6.45) is -2.81. The van der Waals surface area contributed by atoms with E-state index < -0.39 is 18.6 Å². The van der Waals surface area contributed by atoms with Crippen LogP contribution < -0.4 is 5.73 Å². The monoisotopic (exact) mass is 279 g/mol. The van der Waals surface area contributed by atoms with E-state index in [0.717, 1.165) is 0 Å². The Balaban J connectivity index is 3.12. The van der Waals surface area contributed by atoms with Crippen molar-refractivity contribution in [3.8, 4) is 0 Å². The molecular formula is C11H15Cl2NO3. The average Bonchev–Trinajstić information content (AvgIpc) is 2.26. The van der Waals surface area contributed by atoms with E-state index >= 15 is 0 Å². The normalized spacial score (nSPS) is 16.6. The van der Waals surface area contributed by atoms with Crippen molar-refractivity contribution < 1.29 is 14.9 Å². The van der Waals surface area contributed by atoms with Crippen LogP contribution in [-0.2, 0) is 4.74 Å². The predicted octanol–water partition coefficient (Wildman–Crippen LogP) is 2.06. The first-order valence-electron chi connectivity index (χ1n) is 5.18. The van der Waals surface area contributed by atoms with Crippen molar-refractivity contribution in [1.29, 1.82) is 0 Å². The molecule has 0 spiro atoms. The van der Waals surface area contributed by atoms with Gasteiger partial charge in [-0.1, -0.05) is 36.2 Å². The van der Waals surface area contributed by atoms with Gasteiger partial charge in [0, 0.05) is 15.6 Å². The van der Waals surface area contributed by atoms with Gasteiger partial charge in [0.1, 0.15) is 6.10 Å². The Bertz CT molecular complexity index is 353. The zero-order valence-electron chi connectivity index (χ0n) is 9.31. The standard InChI is InChI=1S/C11H15Cl2NO3/c1-2-8(15)10(17-11(14)16)9-6(12)4-3-5-7(9)13/h3-5,8,10-11,15-16H,2,14H2,1H3/t8-,10+,11?/m1/s1. The minimum absolute atomic E-state index is 0.357. The molecule has 0 heterocycles. The molecule has 0 bridgehead atoms. The molecule has 1 aromatic carbocycles. The third kappa shape index (κ3) is 3.81. The highest BCUT2D eigenvalue weighted by molar-refractivity contribution is 6.36. The maximum Gasteiger partial charge on any atom is 0.211 e. The lowest BCUT2D eigenvalue weighted by molar-refractivity contribution is -0.164. The lowest BCUT2D eigenvalue weighted by Crippen LogP contribution is -2.31. The van der Waals surface area contributed by atoms with Crippen LogP contribution in [0, 0.1) is 0 Å². The molecule has 4 N–H and O–H groups in total. The van der Waals surface area contributed by atoms with Crippen molar-refractivity contribution in [3.63, 3.8) is 0 Å². The van der Waals surface area contributed by atoms with Crippen molar-refractivity contribution in [2.75, 3.05) is 0 Å². The zero-order chi connectivity index (χ0) is 13.0. The Morgan fingerprint density at radius 3 is 2.24 bits per heavy atom. The molecule has 0 saturated carbocycles. The summed E-state index contributed by atoms with van der Waals surface area (Å²) in [6, 6.07) is 4.94. The van der Waals surface area contributed by atoms with Gasteiger partial charge >= 0.3 is 0 Å². The predicted molar refractivity (Wildman–Crippen MR) is 66.8 cm³/mol. The lowest BCUT2D eigenvalue weighted by Gasteiger charge is -2.25. The van der Waals surface area contributed by atoms with Gasteiger partial charge in [-0.3, -0.25) is 5.73 Å². The summed E-state index contributed by atoms with van der Waals surface area (Å²) in [6.45, 7) is 1.77. The highest BCUT2D eigenvalue weighted by Gasteiger charge is 2.26. The van der Waals surface area contributed by atoms with Crippen LogP contribution in [0.1, 0.15) is 25.0 Å². The summed E-state index contributed by atoms with van der Waals surface area (Å²) in [4.78, 5) is 0. The molecule has 0 fully saturated rings. The van der Waals surface area contributed by atoms with E-state index in [9.17, 15) is 5.11 Å². The van der Waals surface area contributed by atoms with Crippen molar-refractivity contribution in [3.05, 3.63) is 33.8 Å². The number of halogens is 2. The molecular weight excluding hydrogens is 265 g/mol. The summed E-state index contributed by atoms with van der Waals surface area (Å²) < 4.78 is 5.07. The third-order valence-electron chi connectivity index (χ3n) is 2.34. The first kappa shape index (κ1) is 14.7. The minimum Gasteiger partial charge on any atom is -0.390 e. The van der Waals surface area contributed by atoms with E-state index in [-0.39, 0.29) is 0 Å². The fourth-order valence-corrected chi connectivity index (χ4v) is 2.11. The molecule has 4 nitrogen and oxygen atoms in total. The molecule has 0 aliphatic rings. The molecule has 0 aromatic heterocycles. The van der Waals surface area contributed by atoms with Crippen molar-refractivity contribution >= 4 is 23.2 Å². The Labute approximate surface area is 110 Å². The molecule has 1 unspecified atom stereocenters. The molecule has 1 aromatic rings. The van der Waals surface area contributed by atoms with Crippen LogP contribution in [0.4, 0.5) is 0 Å². The number of nitrogens with two attached hydrogens (primary N) is 1. The van der Waals surface area contributed by atoms with Crippen molar-refractivity contribution in [2.45, 2.75) is 32.0 Å². The topological polar surface area (TPSA) is 75.7 Å². The van der Waals surface area contributed by atoms with Gasteiger partial charge in [-0.2, -0.15) is 0 Å². The molecule has 0 radical (unpaired) electrons. The Morgan fingerprint density at radius 1 is 1.29 bits per heavy atom. The molecule has 6 heteroatoms. The van der Waals surface area contributed by atoms with Gasteiger partial charge in [0.2, 0.25) is 6.41 Å². The van der Waals surface area contributed by atoms with Crippen LogP contribution in [0.2, 0.25) is 10.0 Å². The van der Waals surface area contributed by atoms with Crippen LogP contribution in [0.3, 0.4) is 0 Å². The first-order valence-corrected chi connectivity index (χ1v) is 5.94. The highest BCUT2D eigenvalue weighted by atomic mass is 35.5. The quantitative estimate of drug-likeness (QED) is 0.722. The summed E-state index contributed by atoms with van der Waals surface area (Å²) in [5.41, 5.74) is 5.58. The van der Waals surface area contributed by atoms with Gasteiger partial charge in [0.05, 0.1) is 6.10 Å². The van der Waals surface area contributed by atoms with Gasteiger partial charge in [0.25, 0.3) is 0 Å². The van der Waals surface area contributed by atoms with Crippen molar-refractivity contribution in [2.24, 2.45) is 5.73 Å². The fraction of sp³-hybridized carbons (Fsp3) is 0.455. The number of benzene rings is 1. The number of aliphatic hydroxyl groups excluding tert-OH is 2. The highest BCUT2D eigenvalue weighted by Crippen LogP contribution is 2.35. The van der Waals surface area contributed by atoms with E-state index in [1.165, 1.54) is 0 Å². The van der Waals surface area contributed by atoms with Gasteiger partial charge < -0.3 is 14.9 Å². The average molecular weight is 280 g/mol.